The van der Waals surface area contributed by atoms with E-state index in [0.29, 0.717) is 0 Å². The van der Waals surface area contributed by atoms with Crippen molar-refractivity contribution in [3.8, 4) is 0 Å². The van der Waals surface area contributed by atoms with Crippen molar-refractivity contribution in [3.05, 3.63) is 0 Å². The van der Waals surface area contributed by atoms with Crippen LogP contribution >= 0.6 is 0 Å². The van der Waals surface area contributed by atoms with Gasteiger partial charge < -0.3 is 5.11 Å². The van der Waals surface area contributed by atoms with E-state index < -0.39 is 11.8 Å². The monoisotopic (exact) mass is 184 g/mol. The topological polar surface area (TPSA) is 20.2 Å². The summed E-state index contributed by atoms with van der Waals surface area (Å²) in [5.41, 5.74) is -2.50. The Morgan fingerprint density at radius 2 is 1.67 bits per heavy atom. The summed E-state index contributed by atoms with van der Waals surface area (Å²) in [7, 11) is 0. The van der Waals surface area contributed by atoms with E-state index in [0.717, 1.165) is 0 Å². The summed E-state index contributed by atoms with van der Waals surface area (Å²) in [5.74, 6) is -0.156. The third-order valence-electron chi connectivity index (χ3n) is 1.86. The van der Waals surface area contributed by atoms with Crippen molar-refractivity contribution in [1.82, 2.24) is 0 Å². The molecule has 0 aromatic carbocycles. The van der Waals surface area contributed by atoms with E-state index in [1.807, 2.05) is 0 Å². The summed E-state index contributed by atoms with van der Waals surface area (Å²) in [6, 6.07) is 0. The van der Waals surface area contributed by atoms with Gasteiger partial charge in [-0.1, -0.05) is 20.8 Å². The number of aliphatic hydroxyl groups is 1. The predicted octanol–water partition coefficient (Wildman–Crippen LogP) is 2.74. The zero-order chi connectivity index (χ0) is 9.99. The molecule has 0 aliphatic heterocycles. The fraction of sp³-hybridized carbons (Fsp3) is 1.00. The summed E-state index contributed by atoms with van der Waals surface area (Å²) in [6.07, 6.45) is -5.02. The van der Waals surface area contributed by atoms with Crippen molar-refractivity contribution >= 4 is 0 Å². The smallest absolute Gasteiger partial charge is 0.380 e. The van der Waals surface area contributed by atoms with E-state index in [9.17, 15) is 18.3 Å². The predicted molar refractivity (Wildman–Crippen MR) is 40.8 cm³/mol. The van der Waals surface area contributed by atoms with Crippen LogP contribution in [0.15, 0.2) is 0 Å². The Hall–Kier alpha value is -0.250. The number of rotatable bonds is 3. The maximum Gasteiger partial charge on any atom is 0.417 e. The second kappa shape index (κ2) is 3.64. The lowest BCUT2D eigenvalue weighted by atomic mass is 9.89. The molecule has 1 atom stereocenters. The molecule has 0 aliphatic rings. The second-order valence-corrected chi connectivity index (χ2v) is 3.48. The fourth-order valence-electron chi connectivity index (χ4n) is 1.14. The van der Waals surface area contributed by atoms with E-state index >= 15 is 0 Å². The molecule has 1 nitrogen and oxygen atoms in total. The Morgan fingerprint density at radius 1 is 1.25 bits per heavy atom. The molecule has 0 aromatic rings. The maximum atomic E-state index is 12.2. The largest absolute Gasteiger partial charge is 0.417 e. The van der Waals surface area contributed by atoms with Crippen molar-refractivity contribution in [2.45, 2.75) is 45.4 Å². The van der Waals surface area contributed by atoms with Gasteiger partial charge in [-0.25, -0.2) is 0 Å². The quantitative estimate of drug-likeness (QED) is 0.715. The Balaban J connectivity index is 4.46. The fourth-order valence-corrected chi connectivity index (χ4v) is 1.14. The molecular formula is C8H15F3O. The van der Waals surface area contributed by atoms with Crippen molar-refractivity contribution in [1.29, 1.82) is 0 Å². The average Bonchev–Trinajstić information content (AvgIpc) is 1.83. The minimum atomic E-state index is -4.51. The Bertz CT molecular complexity index is 142. The Morgan fingerprint density at radius 3 is 1.75 bits per heavy atom. The average molecular weight is 184 g/mol. The highest BCUT2D eigenvalue weighted by Crippen LogP contribution is 2.37. The Labute approximate surface area is 70.6 Å². The minimum absolute atomic E-state index is 0.156. The zero-order valence-electron chi connectivity index (χ0n) is 7.57. The van der Waals surface area contributed by atoms with Crippen LogP contribution in [0.3, 0.4) is 0 Å². The van der Waals surface area contributed by atoms with E-state index in [1.54, 1.807) is 13.8 Å². The van der Waals surface area contributed by atoms with Crippen LogP contribution in [0.4, 0.5) is 13.2 Å². The van der Waals surface area contributed by atoms with Gasteiger partial charge in [0.15, 0.2) is 5.60 Å². The van der Waals surface area contributed by atoms with Crippen LogP contribution in [0.5, 0.6) is 0 Å². The van der Waals surface area contributed by atoms with E-state index in [2.05, 4.69) is 0 Å². The Kier molecular flexibility index (Phi) is 3.57. The van der Waals surface area contributed by atoms with Crippen LogP contribution < -0.4 is 0 Å². The lowest BCUT2D eigenvalue weighted by Crippen LogP contribution is -2.45. The minimum Gasteiger partial charge on any atom is -0.380 e. The van der Waals surface area contributed by atoms with Gasteiger partial charge in [-0.05, 0) is 18.8 Å². The van der Waals surface area contributed by atoms with E-state index in [-0.39, 0.29) is 18.8 Å². The zero-order valence-corrected chi connectivity index (χ0v) is 7.57. The van der Waals surface area contributed by atoms with Crippen LogP contribution in [0.1, 0.15) is 33.6 Å². The third kappa shape index (κ3) is 2.66. The van der Waals surface area contributed by atoms with Gasteiger partial charge in [-0.2, -0.15) is 13.2 Å². The molecule has 0 rings (SSSR count). The summed E-state index contributed by atoms with van der Waals surface area (Å²) < 4.78 is 36.6. The maximum absolute atomic E-state index is 12.2. The van der Waals surface area contributed by atoms with Crippen LogP contribution in [-0.2, 0) is 0 Å². The van der Waals surface area contributed by atoms with Gasteiger partial charge in [0.2, 0.25) is 0 Å². The highest BCUT2D eigenvalue weighted by Gasteiger charge is 2.52. The molecule has 0 radical (unpaired) electrons. The first kappa shape index (κ1) is 11.8. The normalized spacial score (nSPS) is 18.0. The summed E-state index contributed by atoms with van der Waals surface area (Å²) >= 11 is 0. The summed E-state index contributed by atoms with van der Waals surface area (Å²) in [5, 5.41) is 9.20. The molecule has 0 spiro atoms. The first-order valence-electron chi connectivity index (χ1n) is 4.02. The molecule has 4 heteroatoms. The van der Waals surface area contributed by atoms with Crippen LogP contribution in [0.2, 0.25) is 0 Å². The molecule has 74 valence electrons. The van der Waals surface area contributed by atoms with Gasteiger partial charge >= 0.3 is 6.18 Å². The van der Waals surface area contributed by atoms with Gasteiger partial charge in [-0.3, -0.25) is 0 Å². The van der Waals surface area contributed by atoms with Gasteiger partial charge in [-0.15, -0.1) is 0 Å². The van der Waals surface area contributed by atoms with Gasteiger partial charge in [0.05, 0.1) is 0 Å². The first-order valence-corrected chi connectivity index (χ1v) is 4.02. The highest BCUT2D eigenvalue weighted by molar-refractivity contribution is 4.85. The lowest BCUT2D eigenvalue weighted by molar-refractivity contribution is -0.266. The molecule has 0 saturated heterocycles. The molecule has 0 aliphatic carbocycles. The van der Waals surface area contributed by atoms with Gasteiger partial charge in [0.1, 0.15) is 0 Å². The van der Waals surface area contributed by atoms with Crippen LogP contribution in [-0.4, -0.2) is 16.9 Å². The molecule has 0 saturated carbocycles. The summed E-state index contributed by atoms with van der Waals surface area (Å²) in [6.45, 7) is 4.66. The van der Waals surface area contributed by atoms with Crippen molar-refractivity contribution < 1.29 is 18.3 Å². The molecule has 1 N–H and O–H groups in total. The first-order chi connectivity index (χ1) is 5.23. The molecule has 0 aromatic heterocycles. The van der Waals surface area contributed by atoms with Crippen LogP contribution in [0, 0.1) is 5.92 Å². The third-order valence-corrected chi connectivity index (χ3v) is 1.86. The van der Waals surface area contributed by atoms with Crippen molar-refractivity contribution in [2.75, 3.05) is 0 Å². The van der Waals surface area contributed by atoms with Gasteiger partial charge in [0.25, 0.3) is 0 Å². The molecule has 0 bridgehead atoms. The lowest BCUT2D eigenvalue weighted by Gasteiger charge is -2.30. The van der Waals surface area contributed by atoms with E-state index in [4.69, 9.17) is 0 Å². The molecule has 12 heavy (non-hydrogen) atoms. The SMILES string of the molecule is CCC(O)(CC(C)C)C(F)(F)F. The number of halogens is 3. The van der Waals surface area contributed by atoms with E-state index in [1.165, 1.54) is 6.92 Å². The van der Waals surface area contributed by atoms with Gasteiger partial charge in [0, 0.05) is 0 Å². The molecular weight excluding hydrogens is 169 g/mol. The molecule has 0 fully saturated rings. The highest BCUT2D eigenvalue weighted by atomic mass is 19.4. The molecule has 0 heterocycles. The number of alkyl halides is 3. The molecule has 0 amide bonds. The molecule has 1 unspecified atom stereocenters. The standard InChI is InChI=1S/C8H15F3O/c1-4-7(12,5-6(2)3)8(9,10)11/h6,12H,4-5H2,1-3H3. The van der Waals surface area contributed by atoms with Crippen molar-refractivity contribution in [3.63, 3.8) is 0 Å². The second-order valence-electron chi connectivity index (χ2n) is 3.48. The number of hydrogen-bond acceptors (Lipinski definition) is 1. The number of hydrogen-bond donors (Lipinski definition) is 1. The summed E-state index contributed by atoms with van der Waals surface area (Å²) in [4.78, 5) is 0. The van der Waals surface area contributed by atoms with Crippen LogP contribution in [0.25, 0.3) is 0 Å². The van der Waals surface area contributed by atoms with Crippen molar-refractivity contribution in [2.24, 2.45) is 5.92 Å².